The third kappa shape index (κ3) is 2.26. The van der Waals surface area contributed by atoms with Gasteiger partial charge in [-0.1, -0.05) is 24.3 Å². The molecule has 4 rings (SSSR count). The molecule has 5 heteroatoms. The summed E-state index contributed by atoms with van der Waals surface area (Å²) in [6, 6.07) is 8.29. The molecule has 0 spiro atoms. The molecule has 0 bridgehead atoms. The van der Waals surface area contributed by atoms with Crippen molar-refractivity contribution in [2.45, 2.75) is 43.7 Å². The highest BCUT2D eigenvalue weighted by Gasteiger charge is 2.38. The van der Waals surface area contributed by atoms with E-state index >= 15 is 0 Å². The van der Waals surface area contributed by atoms with Gasteiger partial charge in [0.1, 0.15) is 0 Å². The maximum atomic E-state index is 9.92. The molecule has 1 unspecified atom stereocenters. The highest BCUT2D eigenvalue weighted by molar-refractivity contribution is 5.38. The van der Waals surface area contributed by atoms with Crippen molar-refractivity contribution >= 4 is 0 Å². The van der Waals surface area contributed by atoms with Crippen molar-refractivity contribution in [2.75, 3.05) is 6.61 Å². The van der Waals surface area contributed by atoms with Gasteiger partial charge in [0, 0.05) is 5.92 Å². The Morgan fingerprint density at radius 1 is 1.29 bits per heavy atom. The first-order valence-corrected chi connectivity index (χ1v) is 7.57. The highest BCUT2D eigenvalue weighted by Crippen LogP contribution is 2.39. The largest absolute Gasteiger partial charge is 0.424 e. The molecule has 0 aliphatic heterocycles. The van der Waals surface area contributed by atoms with E-state index in [-0.39, 0.29) is 12.1 Å². The molecule has 1 aromatic carbocycles. The van der Waals surface area contributed by atoms with Crippen molar-refractivity contribution in [1.29, 1.82) is 0 Å². The zero-order valence-corrected chi connectivity index (χ0v) is 11.9. The first-order chi connectivity index (χ1) is 10.3. The summed E-state index contributed by atoms with van der Waals surface area (Å²) in [4.78, 5) is 0. The smallest absolute Gasteiger partial charge is 0.230 e. The number of aliphatic hydroxyl groups is 1. The number of hydrogen-bond acceptors (Lipinski definition) is 5. The molecule has 1 aromatic heterocycles. The molecule has 1 atom stereocenters. The first-order valence-electron chi connectivity index (χ1n) is 7.57. The molecular formula is C16H19N3O2. The second-order valence-electron chi connectivity index (χ2n) is 6.06. The molecule has 1 fully saturated rings. The number of hydrogen-bond donors (Lipinski definition) is 2. The third-order valence-corrected chi connectivity index (χ3v) is 4.61. The predicted octanol–water partition coefficient (Wildman–Crippen LogP) is 1.87. The normalized spacial score (nSPS) is 24.2. The summed E-state index contributed by atoms with van der Waals surface area (Å²) < 4.78 is 5.68. The van der Waals surface area contributed by atoms with E-state index in [1.807, 2.05) is 12.1 Å². The summed E-state index contributed by atoms with van der Waals surface area (Å²) in [5, 5.41) is 21.6. The van der Waals surface area contributed by atoms with E-state index in [0.29, 0.717) is 18.4 Å². The lowest BCUT2D eigenvalue weighted by Gasteiger charge is -2.29. The summed E-state index contributed by atoms with van der Waals surface area (Å²) >= 11 is 0. The van der Waals surface area contributed by atoms with Gasteiger partial charge in [-0.3, -0.25) is 5.32 Å². The van der Waals surface area contributed by atoms with Gasteiger partial charge < -0.3 is 9.52 Å². The fourth-order valence-corrected chi connectivity index (χ4v) is 3.17. The Kier molecular flexibility index (Phi) is 3.05. The average Bonchev–Trinajstić information content (AvgIpc) is 3.16. The van der Waals surface area contributed by atoms with Crippen LogP contribution in [-0.2, 0) is 18.5 Å². The summed E-state index contributed by atoms with van der Waals surface area (Å²) in [6.07, 6.45) is 4.19. The van der Waals surface area contributed by atoms with E-state index < -0.39 is 0 Å². The molecule has 21 heavy (non-hydrogen) atoms. The monoisotopic (exact) mass is 285 g/mol. The number of fused-ring (bicyclic) bond motifs is 1. The first kappa shape index (κ1) is 13.0. The van der Waals surface area contributed by atoms with Crippen LogP contribution in [-0.4, -0.2) is 21.9 Å². The molecule has 0 saturated heterocycles. The zero-order chi connectivity index (χ0) is 14.3. The van der Waals surface area contributed by atoms with Gasteiger partial charge >= 0.3 is 0 Å². The van der Waals surface area contributed by atoms with E-state index in [0.717, 1.165) is 31.6 Å². The van der Waals surface area contributed by atoms with Crippen molar-refractivity contribution < 1.29 is 9.52 Å². The number of aromatic nitrogens is 2. The third-order valence-electron chi connectivity index (χ3n) is 4.61. The maximum absolute atomic E-state index is 9.92. The molecule has 2 aliphatic rings. The molecule has 2 aromatic rings. The minimum absolute atomic E-state index is 0.0770. The molecule has 0 radical (unpaired) electrons. The predicted molar refractivity (Wildman–Crippen MR) is 76.6 cm³/mol. The summed E-state index contributed by atoms with van der Waals surface area (Å²) in [5.74, 6) is 1.84. The lowest BCUT2D eigenvalue weighted by molar-refractivity contribution is 0.155. The van der Waals surface area contributed by atoms with Gasteiger partial charge in [-0.05, 0) is 36.8 Å². The van der Waals surface area contributed by atoms with E-state index in [1.54, 1.807) is 0 Å². The Morgan fingerprint density at radius 2 is 2.14 bits per heavy atom. The van der Waals surface area contributed by atoms with E-state index in [9.17, 15) is 5.11 Å². The van der Waals surface area contributed by atoms with Crippen LogP contribution in [0, 0.1) is 0 Å². The van der Waals surface area contributed by atoms with E-state index in [4.69, 9.17) is 4.42 Å². The molecule has 110 valence electrons. The fourth-order valence-electron chi connectivity index (χ4n) is 3.17. The Bertz CT molecular complexity index is 650. The second-order valence-corrected chi connectivity index (χ2v) is 6.06. The van der Waals surface area contributed by atoms with Gasteiger partial charge in [-0.2, -0.15) is 0 Å². The minimum atomic E-state index is -0.384. The molecule has 2 aliphatic carbocycles. The van der Waals surface area contributed by atoms with Crippen LogP contribution in [0.5, 0.6) is 0 Å². The molecule has 1 heterocycles. The van der Waals surface area contributed by atoms with Crippen molar-refractivity contribution in [1.82, 2.24) is 15.5 Å². The molecule has 0 amide bonds. The zero-order valence-electron chi connectivity index (χ0n) is 11.9. The van der Waals surface area contributed by atoms with Crippen molar-refractivity contribution in [3.63, 3.8) is 0 Å². The van der Waals surface area contributed by atoms with Gasteiger partial charge in [0.15, 0.2) is 0 Å². The lowest BCUT2D eigenvalue weighted by Crippen LogP contribution is -2.43. The van der Waals surface area contributed by atoms with Crippen molar-refractivity contribution in [3.05, 3.63) is 47.2 Å². The van der Waals surface area contributed by atoms with Gasteiger partial charge in [-0.25, -0.2) is 0 Å². The minimum Gasteiger partial charge on any atom is -0.424 e. The molecule has 2 N–H and O–H groups in total. The molecule has 5 nitrogen and oxygen atoms in total. The molecular weight excluding hydrogens is 266 g/mol. The van der Waals surface area contributed by atoms with Crippen LogP contribution in [0.4, 0.5) is 0 Å². The second kappa shape index (κ2) is 4.93. The van der Waals surface area contributed by atoms with Crippen LogP contribution < -0.4 is 5.32 Å². The Morgan fingerprint density at radius 3 is 2.95 bits per heavy atom. The quantitative estimate of drug-likeness (QED) is 0.877. The van der Waals surface area contributed by atoms with Crippen LogP contribution in [0.25, 0.3) is 0 Å². The Labute approximate surface area is 123 Å². The van der Waals surface area contributed by atoms with Gasteiger partial charge in [0.05, 0.1) is 18.7 Å². The van der Waals surface area contributed by atoms with Crippen molar-refractivity contribution in [2.24, 2.45) is 0 Å². The number of nitrogens with one attached hydrogen (secondary N) is 1. The summed E-state index contributed by atoms with van der Waals surface area (Å²) in [6.45, 7) is 0.572. The number of rotatable bonds is 5. The SMILES string of the molecule is OCC1(NCc2nnc(C3CC3)o2)CCc2ccccc21. The van der Waals surface area contributed by atoms with E-state index in [1.165, 1.54) is 11.1 Å². The summed E-state index contributed by atoms with van der Waals surface area (Å²) in [5.41, 5.74) is 2.11. The van der Waals surface area contributed by atoms with Crippen LogP contribution in [0.1, 0.15) is 48.1 Å². The maximum Gasteiger partial charge on any atom is 0.230 e. The molecule has 1 saturated carbocycles. The van der Waals surface area contributed by atoms with Crippen LogP contribution in [0.15, 0.2) is 28.7 Å². The van der Waals surface area contributed by atoms with E-state index in [2.05, 4.69) is 27.6 Å². The van der Waals surface area contributed by atoms with Crippen LogP contribution in [0.2, 0.25) is 0 Å². The lowest BCUT2D eigenvalue weighted by atomic mass is 9.92. The van der Waals surface area contributed by atoms with Gasteiger partial charge in [0.2, 0.25) is 11.8 Å². The van der Waals surface area contributed by atoms with Crippen LogP contribution >= 0.6 is 0 Å². The topological polar surface area (TPSA) is 71.2 Å². The van der Waals surface area contributed by atoms with Crippen LogP contribution in [0.3, 0.4) is 0 Å². The van der Waals surface area contributed by atoms with Gasteiger partial charge in [-0.15, -0.1) is 10.2 Å². The Hall–Kier alpha value is -1.72. The average molecular weight is 285 g/mol. The number of aryl methyl sites for hydroxylation is 1. The highest BCUT2D eigenvalue weighted by atomic mass is 16.4. The number of benzene rings is 1. The number of nitrogens with zero attached hydrogens (tertiary/aromatic N) is 2. The van der Waals surface area contributed by atoms with Gasteiger partial charge in [0.25, 0.3) is 0 Å². The fraction of sp³-hybridized carbons (Fsp3) is 0.500. The summed E-state index contributed by atoms with van der Waals surface area (Å²) in [7, 11) is 0. The van der Waals surface area contributed by atoms with Crippen molar-refractivity contribution in [3.8, 4) is 0 Å². The Balaban J connectivity index is 1.51. The number of aliphatic hydroxyl groups excluding tert-OH is 1. The standard InChI is InChI=1S/C16H19N3O2/c20-10-16(8-7-11-3-1-2-4-13(11)16)17-9-14-18-19-15(21-14)12-5-6-12/h1-4,12,17,20H,5-10H2.